The van der Waals surface area contributed by atoms with Crippen LogP contribution in [0.5, 0.6) is 0 Å². The maximum atomic E-state index is 11.1. The molecule has 2 aromatic heterocycles. The van der Waals surface area contributed by atoms with E-state index in [1.165, 1.54) is 0 Å². The van der Waals surface area contributed by atoms with Crippen LogP contribution >= 0.6 is 11.8 Å². The molecule has 0 spiro atoms. The largest absolute Gasteiger partial charge is 0.477 e. The Kier molecular flexibility index (Phi) is 3.43. The maximum absolute atomic E-state index is 11.1. The normalized spacial score (nSPS) is 10.8. The van der Waals surface area contributed by atoms with Crippen LogP contribution in [0.1, 0.15) is 16.2 Å². The summed E-state index contributed by atoms with van der Waals surface area (Å²) in [5.74, 6) is 0.489. The van der Waals surface area contributed by atoms with Crippen LogP contribution in [0.25, 0.3) is 10.9 Å². The SMILES string of the molecule is O=C(O)c1cc(SCc2ccco2)c2ccccc2n1. The fraction of sp³-hybridized carbons (Fsp3) is 0.0667. The van der Waals surface area contributed by atoms with E-state index in [1.54, 1.807) is 24.1 Å². The number of carbonyl (C=O) groups is 1. The van der Waals surface area contributed by atoms with Gasteiger partial charge in [-0.3, -0.25) is 0 Å². The van der Waals surface area contributed by atoms with E-state index in [4.69, 9.17) is 9.52 Å². The third-order valence-electron chi connectivity index (χ3n) is 2.85. The lowest BCUT2D eigenvalue weighted by Gasteiger charge is -2.06. The Morgan fingerprint density at radius 2 is 2.10 bits per heavy atom. The van der Waals surface area contributed by atoms with Crippen molar-refractivity contribution >= 4 is 28.6 Å². The number of para-hydroxylation sites is 1. The molecule has 2 heterocycles. The fourth-order valence-electron chi connectivity index (χ4n) is 1.92. The zero-order valence-electron chi connectivity index (χ0n) is 10.4. The summed E-state index contributed by atoms with van der Waals surface area (Å²) in [6.07, 6.45) is 1.63. The highest BCUT2D eigenvalue weighted by atomic mass is 32.2. The lowest BCUT2D eigenvalue weighted by Crippen LogP contribution is -2.01. The molecule has 0 bridgehead atoms. The molecule has 100 valence electrons. The van der Waals surface area contributed by atoms with Crippen LogP contribution in [0.3, 0.4) is 0 Å². The molecule has 0 amide bonds. The van der Waals surface area contributed by atoms with E-state index in [0.29, 0.717) is 11.3 Å². The molecule has 20 heavy (non-hydrogen) atoms. The molecule has 5 heteroatoms. The Hall–Kier alpha value is -2.27. The van der Waals surface area contributed by atoms with Gasteiger partial charge in [-0.2, -0.15) is 0 Å². The van der Waals surface area contributed by atoms with E-state index in [9.17, 15) is 4.79 Å². The van der Waals surface area contributed by atoms with Gasteiger partial charge in [0.25, 0.3) is 0 Å². The average molecular weight is 285 g/mol. The van der Waals surface area contributed by atoms with Gasteiger partial charge in [0.1, 0.15) is 11.5 Å². The van der Waals surface area contributed by atoms with Crippen LogP contribution in [-0.4, -0.2) is 16.1 Å². The number of rotatable bonds is 4. The van der Waals surface area contributed by atoms with Crippen molar-refractivity contribution in [3.05, 3.63) is 60.2 Å². The van der Waals surface area contributed by atoms with Gasteiger partial charge in [-0.25, -0.2) is 9.78 Å². The number of benzene rings is 1. The zero-order valence-corrected chi connectivity index (χ0v) is 11.3. The number of carboxylic acids is 1. The number of nitrogens with zero attached hydrogens (tertiary/aromatic N) is 1. The Bertz CT molecular complexity index is 753. The molecule has 0 aliphatic carbocycles. The highest BCUT2D eigenvalue weighted by molar-refractivity contribution is 7.98. The molecular weight excluding hydrogens is 274 g/mol. The van der Waals surface area contributed by atoms with Crippen molar-refractivity contribution in [2.75, 3.05) is 0 Å². The lowest BCUT2D eigenvalue weighted by atomic mass is 10.2. The van der Waals surface area contributed by atoms with Gasteiger partial charge in [-0.15, -0.1) is 11.8 Å². The second kappa shape index (κ2) is 5.38. The highest BCUT2D eigenvalue weighted by Crippen LogP contribution is 2.30. The first-order chi connectivity index (χ1) is 9.74. The summed E-state index contributed by atoms with van der Waals surface area (Å²) in [5.41, 5.74) is 0.750. The van der Waals surface area contributed by atoms with Crippen molar-refractivity contribution in [2.45, 2.75) is 10.6 Å². The van der Waals surface area contributed by atoms with E-state index in [-0.39, 0.29) is 5.69 Å². The summed E-state index contributed by atoms with van der Waals surface area (Å²) >= 11 is 1.54. The van der Waals surface area contributed by atoms with Crippen molar-refractivity contribution in [3.63, 3.8) is 0 Å². The summed E-state index contributed by atoms with van der Waals surface area (Å²) < 4.78 is 5.29. The van der Waals surface area contributed by atoms with Crippen LogP contribution in [0.4, 0.5) is 0 Å². The fourth-order valence-corrected chi connectivity index (χ4v) is 2.90. The maximum Gasteiger partial charge on any atom is 0.354 e. The van der Waals surface area contributed by atoms with Crippen molar-refractivity contribution in [2.24, 2.45) is 0 Å². The predicted octanol–water partition coefficient (Wildman–Crippen LogP) is 3.82. The first kappa shape index (κ1) is 12.7. The van der Waals surface area contributed by atoms with Crippen LogP contribution in [-0.2, 0) is 5.75 Å². The summed E-state index contributed by atoms with van der Waals surface area (Å²) in [6.45, 7) is 0. The molecule has 3 aromatic rings. The Labute approximate surface area is 119 Å². The quantitative estimate of drug-likeness (QED) is 0.738. The zero-order chi connectivity index (χ0) is 13.9. The number of furan rings is 1. The molecule has 1 N–H and O–H groups in total. The van der Waals surface area contributed by atoms with Crippen LogP contribution in [0.15, 0.2) is 58.0 Å². The van der Waals surface area contributed by atoms with Gasteiger partial charge in [-0.05, 0) is 24.3 Å². The monoisotopic (exact) mass is 285 g/mol. The molecule has 1 aromatic carbocycles. The third kappa shape index (κ3) is 2.53. The second-order valence-electron chi connectivity index (χ2n) is 4.20. The summed E-state index contributed by atoms with van der Waals surface area (Å²) in [7, 11) is 0. The van der Waals surface area contributed by atoms with Crippen molar-refractivity contribution in [1.82, 2.24) is 4.98 Å². The number of thioether (sulfide) groups is 1. The number of carboxylic acid groups (broad SMARTS) is 1. The van der Waals surface area contributed by atoms with Crippen LogP contribution < -0.4 is 0 Å². The number of hydrogen-bond acceptors (Lipinski definition) is 4. The van der Waals surface area contributed by atoms with Crippen molar-refractivity contribution in [1.29, 1.82) is 0 Å². The Morgan fingerprint density at radius 1 is 1.25 bits per heavy atom. The van der Waals surface area contributed by atoms with Crippen LogP contribution in [0, 0.1) is 0 Å². The van der Waals surface area contributed by atoms with E-state index < -0.39 is 5.97 Å². The smallest absolute Gasteiger partial charge is 0.354 e. The van der Waals surface area contributed by atoms with Crippen molar-refractivity contribution in [3.8, 4) is 0 Å². The molecule has 0 atom stereocenters. The predicted molar refractivity (Wildman–Crippen MR) is 77.0 cm³/mol. The summed E-state index contributed by atoms with van der Waals surface area (Å²) in [6, 6.07) is 12.9. The molecule has 0 aliphatic heterocycles. The van der Waals surface area contributed by atoms with E-state index in [0.717, 1.165) is 16.0 Å². The van der Waals surface area contributed by atoms with Gasteiger partial charge in [0, 0.05) is 10.3 Å². The van der Waals surface area contributed by atoms with Gasteiger partial charge in [0.15, 0.2) is 0 Å². The number of fused-ring (bicyclic) bond motifs is 1. The molecule has 3 rings (SSSR count). The van der Waals surface area contributed by atoms with E-state index >= 15 is 0 Å². The minimum atomic E-state index is -1.02. The van der Waals surface area contributed by atoms with Gasteiger partial charge in [0.2, 0.25) is 0 Å². The average Bonchev–Trinajstić information content (AvgIpc) is 2.97. The van der Waals surface area contributed by atoms with Gasteiger partial charge < -0.3 is 9.52 Å². The molecule has 0 saturated carbocycles. The molecule has 0 fully saturated rings. The first-order valence-corrected chi connectivity index (χ1v) is 7.01. The van der Waals surface area contributed by atoms with Crippen LogP contribution in [0.2, 0.25) is 0 Å². The standard InChI is InChI=1S/C15H11NO3S/c17-15(18)13-8-14(20-9-10-4-3-7-19-10)11-5-1-2-6-12(11)16-13/h1-8H,9H2,(H,17,18). The minimum absolute atomic E-state index is 0.0608. The minimum Gasteiger partial charge on any atom is -0.477 e. The summed E-state index contributed by atoms with van der Waals surface area (Å²) in [5, 5.41) is 10.1. The highest BCUT2D eigenvalue weighted by Gasteiger charge is 2.11. The summed E-state index contributed by atoms with van der Waals surface area (Å²) in [4.78, 5) is 16.2. The number of pyridine rings is 1. The van der Waals surface area contributed by atoms with Gasteiger partial charge in [0.05, 0.1) is 17.5 Å². The molecule has 0 aliphatic rings. The van der Waals surface area contributed by atoms with E-state index in [2.05, 4.69) is 4.98 Å². The van der Waals surface area contributed by atoms with Crippen molar-refractivity contribution < 1.29 is 14.3 Å². The second-order valence-corrected chi connectivity index (χ2v) is 5.21. The number of hydrogen-bond donors (Lipinski definition) is 1. The van der Waals surface area contributed by atoms with Gasteiger partial charge in [-0.1, -0.05) is 18.2 Å². The molecule has 0 unspecified atom stereocenters. The topological polar surface area (TPSA) is 63.3 Å². The molecule has 4 nitrogen and oxygen atoms in total. The Balaban J connectivity index is 2.00. The molecule has 0 radical (unpaired) electrons. The van der Waals surface area contributed by atoms with Gasteiger partial charge >= 0.3 is 5.97 Å². The Morgan fingerprint density at radius 3 is 2.85 bits per heavy atom. The lowest BCUT2D eigenvalue weighted by molar-refractivity contribution is 0.0690. The third-order valence-corrected chi connectivity index (χ3v) is 3.92. The first-order valence-electron chi connectivity index (χ1n) is 6.02. The molecule has 0 saturated heterocycles. The number of aromatic carboxylic acids is 1. The molecular formula is C15H11NO3S. The van der Waals surface area contributed by atoms with E-state index in [1.807, 2.05) is 36.4 Å². The number of aromatic nitrogens is 1.